The van der Waals surface area contributed by atoms with Crippen LogP contribution in [0.5, 0.6) is 0 Å². The third kappa shape index (κ3) is 2.19. The van der Waals surface area contributed by atoms with Crippen LogP contribution >= 0.6 is 0 Å². The van der Waals surface area contributed by atoms with E-state index in [0.29, 0.717) is 0 Å². The van der Waals surface area contributed by atoms with Gasteiger partial charge in [0.15, 0.2) is 9.84 Å². The molecule has 2 aromatic rings. The molecule has 0 fully saturated rings. The summed E-state index contributed by atoms with van der Waals surface area (Å²) >= 11 is 0. The fraction of sp³-hybridized carbons (Fsp3) is 0.300. The largest absolute Gasteiger partial charge is 0.382 e. The summed E-state index contributed by atoms with van der Waals surface area (Å²) < 4.78 is 24.1. The summed E-state index contributed by atoms with van der Waals surface area (Å²) in [6, 6.07) is 1.81. The highest BCUT2D eigenvalue weighted by Crippen LogP contribution is 2.19. The quantitative estimate of drug-likeness (QED) is 0.837. The van der Waals surface area contributed by atoms with Crippen molar-refractivity contribution < 1.29 is 8.42 Å². The number of nitrogens with zero attached hydrogens (tertiary/aromatic N) is 4. The van der Waals surface area contributed by atoms with Crippen LogP contribution in [0, 0.1) is 13.8 Å². The number of hydrogen-bond acceptors (Lipinski definition) is 6. The molecule has 0 aliphatic heterocycles. The summed E-state index contributed by atoms with van der Waals surface area (Å²) in [5.41, 5.74) is 7.28. The van der Waals surface area contributed by atoms with Crippen LogP contribution in [0.1, 0.15) is 11.4 Å². The molecule has 18 heavy (non-hydrogen) atoms. The Bertz CT molecular complexity index is 685. The average Bonchev–Trinajstić information content (AvgIpc) is 2.57. The standard InChI is InChI=1S/C10H13N5O2S/c1-6-4-7(2)14-10(13-6)15-9(11)8(5-12-15)18(3,16)17/h4-5H,11H2,1-3H3. The molecule has 0 amide bonds. The van der Waals surface area contributed by atoms with E-state index in [-0.39, 0.29) is 16.7 Å². The first-order valence-electron chi connectivity index (χ1n) is 5.15. The molecule has 2 heterocycles. The molecule has 0 aromatic carbocycles. The zero-order chi connectivity index (χ0) is 13.5. The van der Waals surface area contributed by atoms with Gasteiger partial charge in [-0.05, 0) is 19.9 Å². The first-order valence-corrected chi connectivity index (χ1v) is 7.04. The van der Waals surface area contributed by atoms with Gasteiger partial charge in [-0.1, -0.05) is 0 Å². The van der Waals surface area contributed by atoms with Gasteiger partial charge in [-0.15, -0.1) is 0 Å². The molecule has 2 rings (SSSR count). The molecule has 0 saturated heterocycles. The Kier molecular flexibility index (Phi) is 2.81. The highest BCUT2D eigenvalue weighted by atomic mass is 32.2. The number of rotatable bonds is 2. The van der Waals surface area contributed by atoms with E-state index in [1.807, 2.05) is 13.8 Å². The average molecular weight is 267 g/mol. The lowest BCUT2D eigenvalue weighted by atomic mass is 10.4. The van der Waals surface area contributed by atoms with Gasteiger partial charge in [0.1, 0.15) is 10.7 Å². The zero-order valence-electron chi connectivity index (χ0n) is 10.2. The summed E-state index contributed by atoms with van der Waals surface area (Å²) in [5, 5.41) is 3.92. The van der Waals surface area contributed by atoms with Gasteiger partial charge in [-0.2, -0.15) is 9.78 Å². The van der Waals surface area contributed by atoms with E-state index >= 15 is 0 Å². The molecule has 2 N–H and O–H groups in total. The van der Waals surface area contributed by atoms with E-state index in [0.717, 1.165) is 17.6 Å². The Balaban J connectivity index is 2.63. The lowest BCUT2D eigenvalue weighted by Gasteiger charge is -2.04. The van der Waals surface area contributed by atoms with Crippen LogP contribution in [0.2, 0.25) is 0 Å². The Hall–Kier alpha value is -1.96. The van der Waals surface area contributed by atoms with Gasteiger partial charge in [0.2, 0.25) is 0 Å². The second kappa shape index (κ2) is 4.05. The molecule has 0 spiro atoms. The lowest BCUT2D eigenvalue weighted by Crippen LogP contribution is -2.09. The van der Waals surface area contributed by atoms with Crippen LogP contribution in [0.25, 0.3) is 5.95 Å². The fourth-order valence-corrected chi connectivity index (χ4v) is 2.29. The number of nitrogens with two attached hydrogens (primary N) is 1. The highest BCUT2D eigenvalue weighted by Gasteiger charge is 2.19. The summed E-state index contributed by atoms with van der Waals surface area (Å²) in [5.74, 6) is 0.280. The Morgan fingerprint density at radius 3 is 2.22 bits per heavy atom. The minimum Gasteiger partial charge on any atom is -0.382 e. The van der Waals surface area contributed by atoms with Crippen molar-refractivity contribution in [3.05, 3.63) is 23.7 Å². The topological polar surface area (TPSA) is 104 Å². The second-order valence-electron chi connectivity index (χ2n) is 4.03. The van der Waals surface area contributed by atoms with Gasteiger partial charge in [-0.25, -0.2) is 18.4 Å². The summed E-state index contributed by atoms with van der Waals surface area (Å²) in [6.07, 6.45) is 2.28. The van der Waals surface area contributed by atoms with Crippen molar-refractivity contribution in [1.82, 2.24) is 19.7 Å². The van der Waals surface area contributed by atoms with Crippen LogP contribution in [0.3, 0.4) is 0 Å². The third-order valence-electron chi connectivity index (χ3n) is 2.33. The minimum atomic E-state index is -3.40. The molecule has 0 atom stereocenters. The highest BCUT2D eigenvalue weighted by molar-refractivity contribution is 7.90. The number of anilines is 1. The monoisotopic (exact) mass is 267 g/mol. The third-order valence-corrected chi connectivity index (χ3v) is 3.44. The second-order valence-corrected chi connectivity index (χ2v) is 6.01. The predicted molar refractivity (Wildman–Crippen MR) is 66.2 cm³/mol. The molecule has 0 aliphatic carbocycles. The van der Waals surface area contributed by atoms with Crippen molar-refractivity contribution >= 4 is 15.7 Å². The van der Waals surface area contributed by atoms with Gasteiger partial charge < -0.3 is 5.73 Å². The van der Waals surface area contributed by atoms with Gasteiger partial charge in [0.25, 0.3) is 5.95 Å². The molecule has 8 heteroatoms. The van der Waals surface area contributed by atoms with Crippen molar-refractivity contribution in [1.29, 1.82) is 0 Å². The number of hydrogen-bond donors (Lipinski definition) is 1. The smallest absolute Gasteiger partial charge is 0.252 e. The summed E-state index contributed by atoms with van der Waals surface area (Å²) in [4.78, 5) is 8.33. The predicted octanol–water partition coefficient (Wildman–Crippen LogP) is 0.265. The first-order chi connectivity index (χ1) is 8.29. The summed E-state index contributed by atoms with van der Waals surface area (Å²) in [7, 11) is -3.40. The molecule has 2 aromatic heterocycles. The maximum atomic E-state index is 11.5. The van der Waals surface area contributed by atoms with Crippen molar-refractivity contribution in [2.45, 2.75) is 18.7 Å². The normalized spacial score (nSPS) is 11.7. The van der Waals surface area contributed by atoms with Gasteiger partial charge in [-0.3, -0.25) is 0 Å². The van der Waals surface area contributed by atoms with E-state index in [9.17, 15) is 8.42 Å². The van der Waals surface area contributed by atoms with Gasteiger partial charge >= 0.3 is 0 Å². The molecular weight excluding hydrogens is 254 g/mol. The van der Waals surface area contributed by atoms with Crippen LogP contribution in [-0.2, 0) is 9.84 Å². The van der Waals surface area contributed by atoms with Crippen molar-refractivity contribution in [2.24, 2.45) is 0 Å². The maximum absolute atomic E-state index is 11.5. The molecule has 0 aliphatic rings. The Labute approximate surface area is 105 Å². The van der Waals surface area contributed by atoms with E-state index in [4.69, 9.17) is 5.73 Å². The van der Waals surface area contributed by atoms with E-state index in [2.05, 4.69) is 15.1 Å². The van der Waals surface area contributed by atoms with E-state index in [1.54, 1.807) is 6.07 Å². The molecular formula is C10H13N5O2S. The minimum absolute atomic E-state index is 0.0162. The molecule has 96 valence electrons. The number of aryl methyl sites for hydroxylation is 2. The Morgan fingerprint density at radius 1 is 1.22 bits per heavy atom. The maximum Gasteiger partial charge on any atom is 0.252 e. The van der Waals surface area contributed by atoms with Crippen molar-refractivity contribution in [2.75, 3.05) is 12.0 Å². The van der Waals surface area contributed by atoms with Gasteiger partial charge in [0, 0.05) is 17.6 Å². The van der Waals surface area contributed by atoms with Crippen LogP contribution in [0.4, 0.5) is 5.82 Å². The molecule has 7 nitrogen and oxygen atoms in total. The lowest BCUT2D eigenvalue weighted by molar-refractivity contribution is 0.602. The van der Waals surface area contributed by atoms with Crippen LogP contribution in [-0.4, -0.2) is 34.4 Å². The van der Waals surface area contributed by atoms with Crippen LogP contribution in [0.15, 0.2) is 17.2 Å². The molecule has 0 saturated carbocycles. The SMILES string of the molecule is Cc1cc(C)nc(-n2ncc(S(C)(=O)=O)c2N)n1. The van der Waals surface area contributed by atoms with Crippen molar-refractivity contribution in [3.63, 3.8) is 0 Å². The first kappa shape index (κ1) is 12.5. The zero-order valence-corrected chi connectivity index (χ0v) is 11.1. The van der Waals surface area contributed by atoms with Crippen LogP contribution < -0.4 is 5.73 Å². The molecule has 0 radical (unpaired) electrons. The summed E-state index contributed by atoms with van der Waals surface area (Å²) in [6.45, 7) is 3.63. The van der Waals surface area contributed by atoms with E-state index in [1.165, 1.54) is 10.9 Å². The molecule has 0 unspecified atom stereocenters. The number of aromatic nitrogens is 4. The van der Waals surface area contributed by atoms with Crippen molar-refractivity contribution in [3.8, 4) is 5.95 Å². The molecule has 0 bridgehead atoms. The number of nitrogen functional groups attached to an aromatic ring is 1. The van der Waals surface area contributed by atoms with E-state index < -0.39 is 9.84 Å². The van der Waals surface area contributed by atoms with Gasteiger partial charge in [0.05, 0.1) is 6.20 Å². The Morgan fingerprint density at radius 2 is 1.78 bits per heavy atom. The number of sulfone groups is 1. The fourth-order valence-electron chi connectivity index (χ4n) is 1.59.